The topological polar surface area (TPSA) is 175 Å². The predicted octanol–water partition coefficient (Wildman–Crippen LogP) is 4.97. The van der Waals surface area contributed by atoms with Crippen LogP contribution < -0.4 is 34.1 Å². The molecule has 2 amide bonds. The van der Waals surface area contributed by atoms with Gasteiger partial charge in [0.15, 0.2) is 23.0 Å². The van der Waals surface area contributed by atoms with E-state index in [9.17, 15) is 18.0 Å². The molecule has 16 heteroatoms. The Morgan fingerprint density at radius 1 is 0.948 bits per heavy atom. The Labute approximate surface area is 344 Å². The van der Waals surface area contributed by atoms with Crippen molar-refractivity contribution in [3.8, 4) is 28.7 Å². The lowest BCUT2D eigenvalue weighted by molar-refractivity contribution is -0.157. The molecule has 0 bridgehead atoms. The Morgan fingerprint density at radius 3 is 2.41 bits per heavy atom. The summed E-state index contributed by atoms with van der Waals surface area (Å²) in [5.74, 6) is 2.97. The van der Waals surface area contributed by atoms with E-state index < -0.39 is 16.1 Å². The summed E-state index contributed by atoms with van der Waals surface area (Å²) in [5, 5.41) is 9.73. The number of hydrogen-bond acceptors (Lipinski definition) is 10. The number of sulfonamides is 1. The third-order valence-electron chi connectivity index (χ3n) is 10.2. The van der Waals surface area contributed by atoms with Gasteiger partial charge in [0.2, 0.25) is 28.6 Å². The molecule has 308 valence electrons. The van der Waals surface area contributed by atoms with Crippen molar-refractivity contribution in [2.24, 2.45) is 5.14 Å². The van der Waals surface area contributed by atoms with Crippen molar-refractivity contribution in [3.63, 3.8) is 0 Å². The molecule has 4 aromatic carbocycles. The van der Waals surface area contributed by atoms with Crippen molar-refractivity contribution in [3.05, 3.63) is 107 Å². The van der Waals surface area contributed by atoms with E-state index in [-0.39, 0.29) is 60.3 Å². The minimum atomic E-state index is -3.84. The van der Waals surface area contributed by atoms with Crippen LogP contribution in [0.15, 0.2) is 89.8 Å². The Balaban J connectivity index is 0.000000193. The lowest BCUT2D eigenvalue weighted by Crippen LogP contribution is -2.62. The number of aromatic amines is 1. The van der Waals surface area contributed by atoms with E-state index >= 15 is 0 Å². The highest BCUT2D eigenvalue weighted by molar-refractivity contribution is 7.89. The van der Waals surface area contributed by atoms with Gasteiger partial charge < -0.3 is 43.8 Å². The molecule has 0 unspecified atom stereocenters. The molecule has 0 aliphatic carbocycles. The first kappa shape index (κ1) is 42.1. The van der Waals surface area contributed by atoms with Gasteiger partial charge in [0.25, 0.3) is 0 Å². The third-order valence-corrected chi connectivity index (χ3v) is 11.2. The molecule has 8 rings (SSSR count). The van der Waals surface area contributed by atoms with Crippen LogP contribution >= 0.6 is 12.4 Å². The number of halogens is 1. The number of H-pyrrole nitrogens is 1. The number of piperazine rings is 1. The van der Waals surface area contributed by atoms with Gasteiger partial charge in [-0.3, -0.25) is 9.59 Å². The minimum Gasteiger partial charge on any atom is -0.495 e. The molecule has 4 N–H and O–H groups in total. The molecule has 5 aromatic rings. The zero-order chi connectivity index (χ0) is 40.3. The van der Waals surface area contributed by atoms with Gasteiger partial charge in [0.05, 0.1) is 26.3 Å². The summed E-state index contributed by atoms with van der Waals surface area (Å²) in [4.78, 5) is 32.9. The van der Waals surface area contributed by atoms with E-state index in [0.717, 1.165) is 39.0 Å². The summed E-state index contributed by atoms with van der Waals surface area (Å²) < 4.78 is 50.9. The van der Waals surface area contributed by atoms with Gasteiger partial charge in [0.1, 0.15) is 23.3 Å². The first-order valence-corrected chi connectivity index (χ1v) is 20.3. The number of hydrogen-bond donors (Lipinski definition) is 3. The largest absolute Gasteiger partial charge is 0.495 e. The zero-order valence-corrected chi connectivity index (χ0v) is 34.4. The molecular weight excluding hydrogens is 786 g/mol. The fraction of sp³-hybridized carbons (Fsp3) is 0.333. The van der Waals surface area contributed by atoms with E-state index in [1.807, 2.05) is 80.6 Å². The summed E-state index contributed by atoms with van der Waals surface area (Å²) in [5.41, 5.74) is 4.83. The highest BCUT2D eigenvalue weighted by Gasteiger charge is 2.47. The number of carbonyl (C=O) groups is 2. The van der Waals surface area contributed by atoms with Crippen molar-refractivity contribution in [2.45, 2.75) is 49.7 Å². The second-order valence-corrected chi connectivity index (χ2v) is 15.6. The summed E-state index contributed by atoms with van der Waals surface area (Å²) in [6.07, 6.45) is 1.15. The number of methoxy groups -OCH3 is 1. The number of aromatic nitrogens is 1. The SMILES string of the molecule is CCOc1ccccc1OCCN[C@H](C)Cc1ccc(OC)c(S(N)(=O)=O)c1.CN1CC(=O)N2[C@H](c3ccc4c(c3)OCO4)c3[nH]c4ccccc4c3C[C@@H]2C1=O.Cl. The molecule has 0 saturated carbocycles. The molecule has 3 aliphatic rings. The standard InChI is InChI=1S/C22H19N3O4.C20H28N2O5S.ClH/c1-24-10-19(26)25-16(22(24)27)9-14-13-4-2-3-5-15(13)23-20(14)21(25)12-6-7-17-18(8-12)29-11-28-17;1-4-26-17-7-5-6-8-18(17)27-12-11-22-15(2)13-16-9-10-19(25-3)20(14-16)28(21,23)24;/h2-8,16,21,23H,9-11H2,1H3;5-10,14-15,22H,4,11-13H2,1-3H3,(H2,21,23,24);1H/t16-,21-;15-;/m11./s1. The molecule has 3 atom stereocenters. The lowest BCUT2D eigenvalue weighted by Gasteiger charge is -2.46. The van der Waals surface area contributed by atoms with Crippen LogP contribution in [0.5, 0.6) is 28.7 Å². The Hall–Kier alpha value is -5.48. The van der Waals surface area contributed by atoms with Crippen molar-refractivity contribution >= 4 is 45.1 Å². The van der Waals surface area contributed by atoms with Crippen molar-refractivity contribution in [1.29, 1.82) is 0 Å². The predicted molar refractivity (Wildman–Crippen MR) is 221 cm³/mol. The van der Waals surface area contributed by atoms with E-state index in [4.69, 9.17) is 28.8 Å². The monoisotopic (exact) mass is 833 g/mol. The number of nitrogens with two attached hydrogens (primary N) is 1. The Kier molecular flexibility index (Phi) is 13.1. The molecule has 4 heterocycles. The van der Waals surface area contributed by atoms with Gasteiger partial charge in [-0.15, -0.1) is 12.4 Å². The van der Waals surface area contributed by atoms with Crippen LogP contribution in [0.1, 0.15) is 42.3 Å². The highest BCUT2D eigenvalue weighted by atomic mass is 35.5. The number of fused-ring (bicyclic) bond motifs is 5. The van der Waals surface area contributed by atoms with Crippen molar-refractivity contribution in [2.75, 3.05) is 47.3 Å². The average molecular weight is 834 g/mol. The fourth-order valence-corrected chi connectivity index (χ4v) is 8.39. The number of carbonyl (C=O) groups excluding carboxylic acids is 2. The van der Waals surface area contributed by atoms with Crippen LogP contribution in [0.4, 0.5) is 0 Å². The average Bonchev–Trinajstić information content (AvgIpc) is 3.83. The molecule has 0 spiro atoms. The number of amides is 2. The van der Waals surface area contributed by atoms with Crippen LogP contribution in [0, 0.1) is 0 Å². The summed E-state index contributed by atoms with van der Waals surface area (Å²) >= 11 is 0. The Bertz CT molecular complexity index is 2390. The number of primary sulfonamides is 1. The normalized spacial score (nSPS) is 17.4. The molecule has 1 fully saturated rings. The van der Waals surface area contributed by atoms with Gasteiger partial charge >= 0.3 is 0 Å². The van der Waals surface area contributed by atoms with Gasteiger partial charge in [-0.2, -0.15) is 0 Å². The van der Waals surface area contributed by atoms with Crippen molar-refractivity contribution in [1.82, 2.24) is 20.1 Å². The number of ether oxygens (including phenoxy) is 5. The molecule has 0 radical (unpaired) electrons. The van der Waals surface area contributed by atoms with Gasteiger partial charge in [-0.1, -0.05) is 42.5 Å². The van der Waals surface area contributed by atoms with Crippen LogP contribution in [-0.2, 0) is 32.5 Å². The van der Waals surface area contributed by atoms with E-state index in [2.05, 4.69) is 16.4 Å². The highest BCUT2D eigenvalue weighted by Crippen LogP contribution is 2.44. The van der Waals surface area contributed by atoms with Crippen LogP contribution in [0.25, 0.3) is 10.9 Å². The first-order chi connectivity index (χ1) is 27.5. The molecule has 1 aromatic heterocycles. The molecule has 1 saturated heterocycles. The van der Waals surface area contributed by atoms with Crippen molar-refractivity contribution < 1.29 is 41.7 Å². The van der Waals surface area contributed by atoms with Crippen LogP contribution in [0.2, 0.25) is 0 Å². The number of likely N-dealkylation sites (N-methyl/N-ethyl adjacent to an activating group) is 1. The Morgan fingerprint density at radius 2 is 1.67 bits per heavy atom. The maximum atomic E-state index is 13.1. The first-order valence-electron chi connectivity index (χ1n) is 18.8. The second-order valence-electron chi connectivity index (χ2n) is 14.1. The molecule has 3 aliphatic heterocycles. The summed E-state index contributed by atoms with van der Waals surface area (Å²) in [7, 11) is -0.735. The number of benzene rings is 4. The van der Waals surface area contributed by atoms with Gasteiger partial charge in [-0.05, 0) is 79.4 Å². The zero-order valence-electron chi connectivity index (χ0n) is 32.7. The maximum Gasteiger partial charge on any atom is 0.245 e. The van der Waals surface area contributed by atoms with E-state index in [0.29, 0.717) is 49.8 Å². The lowest BCUT2D eigenvalue weighted by atomic mass is 9.86. The quantitative estimate of drug-likeness (QED) is 0.146. The van der Waals surface area contributed by atoms with Gasteiger partial charge in [0, 0.05) is 42.7 Å². The minimum absolute atomic E-state index is 0. The fourth-order valence-electron chi connectivity index (χ4n) is 7.64. The van der Waals surface area contributed by atoms with E-state index in [1.54, 1.807) is 24.1 Å². The maximum absolute atomic E-state index is 13.1. The molecule has 14 nitrogen and oxygen atoms in total. The smallest absolute Gasteiger partial charge is 0.245 e. The number of nitrogens with zero attached hydrogens (tertiary/aromatic N) is 2. The summed E-state index contributed by atoms with van der Waals surface area (Å²) in [6, 6.07) is 25.6. The van der Waals surface area contributed by atoms with E-state index in [1.165, 1.54) is 12.0 Å². The molecule has 58 heavy (non-hydrogen) atoms. The number of para-hydroxylation sites is 3. The van der Waals surface area contributed by atoms with Crippen LogP contribution in [-0.4, -0.2) is 94.4 Å². The van der Waals surface area contributed by atoms with Gasteiger partial charge in [-0.25, -0.2) is 13.6 Å². The molecular formula is C42H48ClN5O9S. The number of nitrogens with one attached hydrogen (secondary N) is 2. The second kappa shape index (κ2) is 18.0. The third kappa shape index (κ3) is 8.82. The van der Waals surface area contributed by atoms with Crippen LogP contribution in [0.3, 0.4) is 0 Å². The number of rotatable bonds is 12. The summed E-state index contributed by atoms with van der Waals surface area (Å²) in [6.45, 7) is 5.94.